The van der Waals surface area contributed by atoms with Gasteiger partial charge in [0.2, 0.25) is 0 Å². The molecule has 0 spiro atoms. The molecule has 2 atom stereocenters. The number of nitrogens with zero attached hydrogens (tertiary/aromatic N) is 2. The molecule has 0 unspecified atom stereocenters. The molecule has 0 bridgehead atoms. The van der Waals surface area contributed by atoms with E-state index in [0.29, 0.717) is 46.3 Å². The highest BCUT2D eigenvalue weighted by molar-refractivity contribution is 6.07. The van der Waals surface area contributed by atoms with Crippen LogP contribution < -0.4 is 30.3 Å². The molecule has 0 aliphatic carbocycles. The molecule has 40 heavy (non-hydrogen) atoms. The zero-order chi connectivity index (χ0) is 28.2. The van der Waals surface area contributed by atoms with Gasteiger partial charge >= 0.3 is 0 Å². The van der Waals surface area contributed by atoms with E-state index in [-0.39, 0.29) is 11.8 Å². The van der Waals surface area contributed by atoms with E-state index >= 15 is 0 Å². The molecule has 3 N–H and O–H groups in total. The highest BCUT2D eigenvalue weighted by Crippen LogP contribution is 2.37. The molecular formula is C31H33N5O4. The Bertz CT molecular complexity index is 1530. The Kier molecular flexibility index (Phi) is 7.84. The number of ether oxygens (including phenoxy) is 2. The first-order valence-electron chi connectivity index (χ1n) is 13.2. The summed E-state index contributed by atoms with van der Waals surface area (Å²) in [5.74, 6) is 1.33. The van der Waals surface area contributed by atoms with Gasteiger partial charge in [0.05, 0.1) is 7.11 Å². The number of aromatic nitrogens is 1. The normalized spacial score (nSPS) is 16.9. The lowest BCUT2D eigenvalue weighted by atomic mass is 10.0. The van der Waals surface area contributed by atoms with E-state index in [2.05, 4.69) is 39.7 Å². The van der Waals surface area contributed by atoms with Gasteiger partial charge in [-0.05, 0) is 73.2 Å². The standard InChI is InChI=1S/C31H33N5O4/c1-19-17-36(18-20(2)34-19)23-10-8-21(9-11-23)30(37)35-29-15-24(12-13-33-29)40-28-14-22-6-5-7-25(31(38)32-3)26(22)16-27(28)39-4/h5-16,19-20,34H,17-18H2,1-4H3,(H,32,38)(H,33,35,37)/t19-,20+. The molecule has 1 aliphatic heterocycles. The molecular weight excluding hydrogens is 506 g/mol. The average molecular weight is 540 g/mol. The number of carbonyl (C=O) groups excluding carboxylic acids is 2. The summed E-state index contributed by atoms with van der Waals surface area (Å²) in [4.78, 5) is 31.9. The maximum atomic E-state index is 13.0. The minimum Gasteiger partial charge on any atom is -0.493 e. The van der Waals surface area contributed by atoms with Crippen LogP contribution in [0.5, 0.6) is 17.2 Å². The number of benzene rings is 3. The lowest BCUT2D eigenvalue weighted by Crippen LogP contribution is -2.54. The maximum absolute atomic E-state index is 13.0. The van der Waals surface area contributed by atoms with Crippen LogP contribution in [0.1, 0.15) is 34.6 Å². The largest absolute Gasteiger partial charge is 0.493 e. The highest BCUT2D eigenvalue weighted by atomic mass is 16.5. The topological polar surface area (TPSA) is 105 Å². The van der Waals surface area contributed by atoms with Crippen molar-refractivity contribution >= 4 is 34.1 Å². The van der Waals surface area contributed by atoms with Crippen molar-refractivity contribution < 1.29 is 19.1 Å². The van der Waals surface area contributed by atoms with E-state index in [1.54, 1.807) is 44.6 Å². The van der Waals surface area contributed by atoms with Crippen molar-refractivity contribution in [1.29, 1.82) is 0 Å². The van der Waals surface area contributed by atoms with Crippen LogP contribution in [0, 0.1) is 0 Å². The van der Waals surface area contributed by atoms with E-state index in [0.717, 1.165) is 29.5 Å². The zero-order valence-corrected chi connectivity index (χ0v) is 23.0. The minimum absolute atomic E-state index is 0.182. The number of rotatable bonds is 7. The molecule has 1 saturated heterocycles. The van der Waals surface area contributed by atoms with Crippen LogP contribution in [0.3, 0.4) is 0 Å². The molecule has 0 radical (unpaired) electrons. The van der Waals surface area contributed by atoms with Gasteiger partial charge in [-0.2, -0.15) is 0 Å². The monoisotopic (exact) mass is 539 g/mol. The third-order valence-corrected chi connectivity index (χ3v) is 6.89. The second-order valence-corrected chi connectivity index (χ2v) is 9.96. The molecule has 5 rings (SSSR count). The smallest absolute Gasteiger partial charge is 0.256 e. The Balaban J connectivity index is 1.31. The van der Waals surface area contributed by atoms with Gasteiger partial charge < -0.3 is 30.3 Å². The lowest BCUT2D eigenvalue weighted by molar-refractivity contribution is 0.0963. The van der Waals surface area contributed by atoms with Gasteiger partial charge in [0.15, 0.2) is 11.5 Å². The predicted octanol–water partition coefficient (Wildman–Crippen LogP) is 4.83. The van der Waals surface area contributed by atoms with Crippen molar-refractivity contribution in [2.24, 2.45) is 0 Å². The summed E-state index contributed by atoms with van der Waals surface area (Å²) in [5, 5.41) is 10.6. The van der Waals surface area contributed by atoms with Crippen LogP contribution in [-0.2, 0) is 0 Å². The van der Waals surface area contributed by atoms with Gasteiger partial charge in [0.1, 0.15) is 11.6 Å². The van der Waals surface area contributed by atoms with E-state index in [4.69, 9.17) is 9.47 Å². The Morgan fingerprint density at radius 1 is 0.950 bits per heavy atom. The number of pyridine rings is 1. The molecule has 0 saturated carbocycles. The summed E-state index contributed by atoms with van der Waals surface area (Å²) in [7, 11) is 3.14. The number of amides is 2. The molecule has 9 heteroatoms. The van der Waals surface area contributed by atoms with E-state index in [9.17, 15) is 9.59 Å². The Hall–Kier alpha value is -4.63. The zero-order valence-electron chi connectivity index (χ0n) is 23.0. The first kappa shape index (κ1) is 27.0. The van der Waals surface area contributed by atoms with Crippen molar-refractivity contribution in [2.45, 2.75) is 25.9 Å². The Morgan fingerprint density at radius 2 is 1.70 bits per heavy atom. The van der Waals surface area contributed by atoms with Gasteiger partial charge in [-0.1, -0.05) is 12.1 Å². The molecule has 1 aliphatic rings. The van der Waals surface area contributed by atoms with Gasteiger partial charge in [-0.25, -0.2) is 4.98 Å². The number of carbonyl (C=O) groups is 2. The molecule has 4 aromatic rings. The molecule has 1 fully saturated rings. The average Bonchev–Trinajstić information content (AvgIpc) is 2.95. The molecule has 2 amide bonds. The van der Waals surface area contributed by atoms with Crippen LogP contribution in [0.25, 0.3) is 10.8 Å². The van der Waals surface area contributed by atoms with Gasteiger partial charge in [0, 0.05) is 61.3 Å². The third-order valence-electron chi connectivity index (χ3n) is 6.89. The van der Waals surface area contributed by atoms with Crippen molar-refractivity contribution in [2.75, 3.05) is 37.5 Å². The van der Waals surface area contributed by atoms with Gasteiger partial charge in [-0.3, -0.25) is 9.59 Å². The van der Waals surface area contributed by atoms with Crippen LogP contribution in [-0.4, -0.2) is 56.1 Å². The number of hydrogen-bond acceptors (Lipinski definition) is 7. The molecule has 1 aromatic heterocycles. The molecule has 2 heterocycles. The van der Waals surface area contributed by atoms with E-state index in [1.165, 1.54) is 0 Å². The fraction of sp³-hybridized carbons (Fsp3) is 0.258. The fourth-order valence-electron chi connectivity index (χ4n) is 5.08. The van der Waals surface area contributed by atoms with Crippen molar-refractivity contribution in [3.63, 3.8) is 0 Å². The SMILES string of the molecule is CNC(=O)c1cccc2cc(Oc3ccnc(NC(=O)c4ccc(N5C[C@@H](C)N[C@@H](C)C5)cc4)c3)c(OC)cc12. The Labute approximate surface area is 233 Å². The van der Waals surface area contributed by atoms with Crippen LogP contribution in [0.15, 0.2) is 72.9 Å². The summed E-state index contributed by atoms with van der Waals surface area (Å²) in [5.41, 5.74) is 2.18. The highest BCUT2D eigenvalue weighted by Gasteiger charge is 2.21. The summed E-state index contributed by atoms with van der Waals surface area (Å²) < 4.78 is 11.7. The summed E-state index contributed by atoms with van der Waals surface area (Å²) in [6.07, 6.45) is 1.57. The molecule has 9 nitrogen and oxygen atoms in total. The first-order valence-corrected chi connectivity index (χ1v) is 13.2. The predicted molar refractivity (Wildman–Crippen MR) is 157 cm³/mol. The molecule has 3 aromatic carbocycles. The van der Waals surface area contributed by atoms with E-state index < -0.39 is 0 Å². The first-order chi connectivity index (χ1) is 19.3. The summed E-state index contributed by atoms with van der Waals surface area (Å²) >= 11 is 0. The number of hydrogen-bond donors (Lipinski definition) is 3. The number of piperazine rings is 1. The van der Waals surface area contributed by atoms with Crippen LogP contribution >= 0.6 is 0 Å². The summed E-state index contributed by atoms with van der Waals surface area (Å²) in [6, 6.07) is 20.9. The minimum atomic E-state index is -0.261. The van der Waals surface area contributed by atoms with E-state index in [1.807, 2.05) is 42.5 Å². The lowest BCUT2D eigenvalue weighted by Gasteiger charge is -2.37. The number of methoxy groups -OCH3 is 1. The molecule has 206 valence electrons. The fourth-order valence-corrected chi connectivity index (χ4v) is 5.08. The van der Waals surface area contributed by atoms with Crippen LogP contribution in [0.2, 0.25) is 0 Å². The second-order valence-electron chi connectivity index (χ2n) is 9.96. The maximum Gasteiger partial charge on any atom is 0.256 e. The summed E-state index contributed by atoms with van der Waals surface area (Å²) in [6.45, 7) is 6.19. The number of nitrogens with one attached hydrogen (secondary N) is 3. The quantitative estimate of drug-likeness (QED) is 0.309. The third kappa shape index (κ3) is 5.84. The van der Waals surface area contributed by atoms with Crippen molar-refractivity contribution in [3.05, 3.63) is 84.1 Å². The number of anilines is 2. The second kappa shape index (κ2) is 11.6. The van der Waals surface area contributed by atoms with Gasteiger partial charge in [-0.15, -0.1) is 0 Å². The van der Waals surface area contributed by atoms with Crippen molar-refractivity contribution in [1.82, 2.24) is 15.6 Å². The number of fused-ring (bicyclic) bond motifs is 1. The van der Waals surface area contributed by atoms with Gasteiger partial charge in [0.25, 0.3) is 11.8 Å². The van der Waals surface area contributed by atoms with Crippen LogP contribution in [0.4, 0.5) is 11.5 Å². The van der Waals surface area contributed by atoms with Crippen molar-refractivity contribution in [3.8, 4) is 17.2 Å². The Morgan fingerprint density at radius 3 is 2.40 bits per heavy atom.